The normalized spacial score (nSPS) is 9.64. The third kappa shape index (κ3) is 1.55. The molecule has 0 spiro atoms. The van der Waals surface area contributed by atoms with Crippen LogP contribution in [-0.2, 0) is 0 Å². The Kier molecular flexibility index (Phi) is 1.89. The Labute approximate surface area is 63.8 Å². The number of carbonyl (C=O) groups excluding carboxylic acids is 1. The number of amides is 1. The molecule has 1 aromatic carbocycles. The number of nitrogens with two attached hydrogens (primary N) is 1. The Hall–Kier alpha value is -1.38. The first-order valence-corrected chi connectivity index (χ1v) is 3.17. The van der Waals surface area contributed by atoms with Crippen LogP contribution in [-0.4, -0.2) is 5.91 Å². The van der Waals surface area contributed by atoms with Crippen LogP contribution in [0.1, 0.15) is 15.9 Å². The summed E-state index contributed by atoms with van der Waals surface area (Å²) in [5, 5.41) is 0. The highest BCUT2D eigenvalue weighted by Gasteiger charge is 2.06. The molecule has 3 heteroatoms. The van der Waals surface area contributed by atoms with Gasteiger partial charge in [0.2, 0.25) is 0 Å². The van der Waals surface area contributed by atoms with Crippen molar-refractivity contribution < 1.29 is 9.18 Å². The van der Waals surface area contributed by atoms with Crippen LogP contribution in [0.3, 0.4) is 0 Å². The largest absolute Gasteiger partial charge is 0.366 e. The molecular formula is C8H8FNO. The summed E-state index contributed by atoms with van der Waals surface area (Å²) >= 11 is 0. The predicted molar refractivity (Wildman–Crippen MR) is 39.7 cm³/mol. The van der Waals surface area contributed by atoms with Crippen LogP contribution in [0, 0.1) is 12.7 Å². The molecule has 2 nitrogen and oxygen atoms in total. The van der Waals surface area contributed by atoms with Crippen molar-refractivity contribution in [1.82, 2.24) is 0 Å². The third-order valence-electron chi connectivity index (χ3n) is 1.39. The first-order valence-electron chi connectivity index (χ1n) is 3.17. The molecule has 0 fully saturated rings. The van der Waals surface area contributed by atoms with Crippen molar-refractivity contribution in [3.8, 4) is 0 Å². The Bertz CT molecular complexity index is 296. The molecule has 2 N–H and O–H groups in total. The summed E-state index contributed by atoms with van der Waals surface area (Å²) in [6.45, 7) is 1.74. The molecule has 0 aromatic heterocycles. The van der Waals surface area contributed by atoms with E-state index in [9.17, 15) is 9.18 Å². The number of hydrogen-bond acceptors (Lipinski definition) is 1. The van der Waals surface area contributed by atoms with E-state index in [0.29, 0.717) is 0 Å². The van der Waals surface area contributed by atoms with E-state index in [2.05, 4.69) is 0 Å². The van der Waals surface area contributed by atoms with E-state index in [1.54, 1.807) is 13.0 Å². The van der Waals surface area contributed by atoms with Crippen LogP contribution in [0.15, 0.2) is 18.2 Å². The molecular weight excluding hydrogens is 145 g/mol. The minimum atomic E-state index is -0.734. The molecule has 0 atom stereocenters. The summed E-state index contributed by atoms with van der Waals surface area (Å²) in [7, 11) is 0. The van der Waals surface area contributed by atoms with Crippen LogP contribution in [0.4, 0.5) is 4.39 Å². The number of carbonyl (C=O) groups is 1. The van der Waals surface area contributed by atoms with Crippen molar-refractivity contribution in [2.45, 2.75) is 6.92 Å². The molecule has 0 bridgehead atoms. The minimum absolute atomic E-state index is 0.0596. The zero-order chi connectivity index (χ0) is 8.43. The van der Waals surface area contributed by atoms with Crippen LogP contribution in [0.2, 0.25) is 0 Å². The minimum Gasteiger partial charge on any atom is -0.366 e. The van der Waals surface area contributed by atoms with Crippen molar-refractivity contribution in [1.29, 1.82) is 0 Å². The van der Waals surface area contributed by atoms with E-state index >= 15 is 0 Å². The van der Waals surface area contributed by atoms with Gasteiger partial charge < -0.3 is 5.73 Å². The summed E-state index contributed by atoms with van der Waals surface area (Å²) in [5.41, 5.74) is 5.60. The van der Waals surface area contributed by atoms with Crippen LogP contribution in [0.5, 0.6) is 0 Å². The Morgan fingerprint density at radius 2 is 2.18 bits per heavy atom. The average molecular weight is 153 g/mol. The van der Waals surface area contributed by atoms with Gasteiger partial charge in [-0.05, 0) is 24.6 Å². The molecule has 0 saturated heterocycles. The maximum Gasteiger partial charge on any atom is 0.251 e. The fraction of sp³-hybridized carbons (Fsp3) is 0.125. The number of benzene rings is 1. The molecule has 0 saturated carbocycles. The summed E-state index contributed by atoms with van der Waals surface area (Å²) in [6, 6.07) is 4.30. The smallest absolute Gasteiger partial charge is 0.251 e. The van der Waals surface area contributed by atoms with Crippen LogP contribution < -0.4 is 5.73 Å². The summed E-state index contributed by atoms with van der Waals surface area (Å²) in [6.07, 6.45) is 0. The van der Waals surface area contributed by atoms with Crippen molar-refractivity contribution in [2.75, 3.05) is 0 Å². The second-order valence-corrected chi connectivity index (χ2v) is 2.35. The zero-order valence-corrected chi connectivity index (χ0v) is 6.10. The lowest BCUT2D eigenvalue weighted by Gasteiger charge is -1.97. The Morgan fingerprint density at radius 1 is 1.55 bits per heavy atom. The molecule has 0 unspecified atom stereocenters. The summed E-state index contributed by atoms with van der Waals surface area (Å²) in [5.74, 6) is -1.29. The molecule has 1 aromatic rings. The summed E-state index contributed by atoms with van der Waals surface area (Å²) in [4.78, 5) is 10.5. The van der Waals surface area contributed by atoms with Gasteiger partial charge in [0.1, 0.15) is 5.82 Å². The first kappa shape index (κ1) is 7.72. The van der Waals surface area contributed by atoms with E-state index in [0.717, 1.165) is 5.56 Å². The molecule has 1 rings (SSSR count). The molecule has 0 aliphatic rings. The van der Waals surface area contributed by atoms with E-state index in [4.69, 9.17) is 5.73 Å². The monoisotopic (exact) mass is 153 g/mol. The number of aryl methyl sites for hydroxylation is 1. The second kappa shape index (κ2) is 2.70. The van der Waals surface area contributed by atoms with Gasteiger partial charge in [-0.2, -0.15) is 0 Å². The Morgan fingerprint density at radius 3 is 2.64 bits per heavy atom. The quantitative estimate of drug-likeness (QED) is 0.647. The number of halogens is 1. The maximum atomic E-state index is 12.8. The Balaban J connectivity index is 3.20. The van der Waals surface area contributed by atoms with Gasteiger partial charge in [-0.15, -0.1) is 0 Å². The number of hydrogen-bond donors (Lipinski definition) is 1. The molecule has 58 valence electrons. The molecule has 11 heavy (non-hydrogen) atoms. The zero-order valence-electron chi connectivity index (χ0n) is 6.10. The van der Waals surface area contributed by atoms with Gasteiger partial charge in [-0.25, -0.2) is 4.39 Å². The maximum absolute atomic E-state index is 12.8. The second-order valence-electron chi connectivity index (χ2n) is 2.35. The third-order valence-corrected chi connectivity index (χ3v) is 1.39. The van der Waals surface area contributed by atoms with E-state index in [-0.39, 0.29) is 5.56 Å². The van der Waals surface area contributed by atoms with Gasteiger partial charge in [0.15, 0.2) is 0 Å². The SMILES string of the molecule is Cc1ccc(C(N)=O)c(F)c1. The lowest BCUT2D eigenvalue weighted by molar-refractivity contribution is 0.0996. The van der Waals surface area contributed by atoms with Gasteiger partial charge in [-0.1, -0.05) is 6.07 Å². The van der Waals surface area contributed by atoms with Gasteiger partial charge >= 0.3 is 0 Å². The lowest BCUT2D eigenvalue weighted by atomic mass is 10.1. The molecule has 1 amide bonds. The van der Waals surface area contributed by atoms with E-state index in [1.807, 2.05) is 0 Å². The molecule has 0 radical (unpaired) electrons. The standard InChI is InChI=1S/C8H8FNO/c1-5-2-3-6(8(10)11)7(9)4-5/h2-4H,1H3,(H2,10,11). The summed E-state index contributed by atoms with van der Waals surface area (Å²) < 4.78 is 12.8. The average Bonchev–Trinajstić information content (AvgIpc) is 1.85. The topological polar surface area (TPSA) is 43.1 Å². The first-order chi connectivity index (χ1) is 5.11. The van der Waals surface area contributed by atoms with Crippen molar-refractivity contribution >= 4 is 5.91 Å². The van der Waals surface area contributed by atoms with Gasteiger partial charge in [0, 0.05) is 0 Å². The number of primary amides is 1. The molecule has 0 heterocycles. The molecule has 0 aliphatic carbocycles. The van der Waals surface area contributed by atoms with E-state index < -0.39 is 11.7 Å². The van der Waals surface area contributed by atoms with Crippen molar-refractivity contribution in [3.63, 3.8) is 0 Å². The van der Waals surface area contributed by atoms with E-state index in [1.165, 1.54) is 12.1 Å². The molecule has 0 aliphatic heterocycles. The highest BCUT2D eigenvalue weighted by atomic mass is 19.1. The fourth-order valence-corrected chi connectivity index (χ4v) is 0.820. The van der Waals surface area contributed by atoms with Gasteiger partial charge in [0.25, 0.3) is 5.91 Å². The van der Waals surface area contributed by atoms with Crippen molar-refractivity contribution in [2.24, 2.45) is 5.73 Å². The van der Waals surface area contributed by atoms with Crippen LogP contribution in [0.25, 0.3) is 0 Å². The van der Waals surface area contributed by atoms with Gasteiger partial charge in [-0.3, -0.25) is 4.79 Å². The van der Waals surface area contributed by atoms with Crippen LogP contribution >= 0.6 is 0 Å². The van der Waals surface area contributed by atoms with Gasteiger partial charge in [0.05, 0.1) is 5.56 Å². The highest BCUT2D eigenvalue weighted by molar-refractivity contribution is 5.93. The highest BCUT2D eigenvalue weighted by Crippen LogP contribution is 2.08. The lowest BCUT2D eigenvalue weighted by Crippen LogP contribution is -2.12. The van der Waals surface area contributed by atoms with Crippen molar-refractivity contribution in [3.05, 3.63) is 35.1 Å². The predicted octanol–water partition coefficient (Wildman–Crippen LogP) is 1.23. The fourth-order valence-electron chi connectivity index (χ4n) is 0.820. The number of rotatable bonds is 1.